The molecule has 1 rings (SSSR count). The number of carboxylic acids is 3. The van der Waals surface area contributed by atoms with Crippen LogP contribution in [0.2, 0.25) is 0 Å². The summed E-state index contributed by atoms with van der Waals surface area (Å²) in [7, 11) is 0. The van der Waals surface area contributed by atoms with Crippen LogP contribution in [0.3, 0.4) is 0 Å². The Bertz CT molecular complexity index is 818. The predicted octanol–water partition coefficient (Wildman–Crippen LogP) is 10.6. The average Bonchev–Trinajstić information content (AvgIpc) is 3.04. The molecule has 1 aromatic rings. The Labute approximate surface area is 290 Å². The van der Waals surface area contributed by atoms with Crippen molar-refractivity contribution < 1.29 is 43.9 Å². The lowest BCUT2D eigenvalue weighted by Crippen LogP contribution is -2.02. The van der Waals surface area contributed by atoms with E-state index in [1.54, 1.807) is 0 Å². The quantitative estimate of drug-likeness (QED) is 0.0591. The van der Waals surface area contributed by atoms with Crippen LogP contribution < -0.4 is 14.2 Å². The molecule has 0 atom stereocenters. The van der Waals surface area contributed by atoms with Gasteiger partial charge in [-0.3, -0.25) is 14.4 Å². The lowest BCUT2D eigenvalue weighted by Gasteiger charge is -2.13. The van der Waals surface area contributed by atoms with E-state index in [0.717, 1.165) is 152 Å². The fourth-order valence-electron chi connectivity index (χ4n) is 5.68. The minimum Gasteiger partial charge on any atom is -0.493 e. The van der Waals surface area contributed by atoms with E-state index in [1.165, 1.54) is 19.3 Å². The first-order chi connectivity index (χ1) is 23.4. The van der Waals surface area contributed by atoms with E-state index >= 15 is 0 Å². The van der Waals surface area contributed by atoms with Crippen LogP contribution in [0.5, 0.6) is 17.2 Å². The second-order valence-corrected chi connectivity index (χ2v) is 13.1. The third kappa shape index (κ3) is 29.2. The Kier molecular flexibility index (Phi) is 28.1. The number of hydrogen-bond donors (Lipinski definition) is 3. The van der Waals surface area contributed by atoms with Gasteiger partial charge in [0.15, 0.2) is 0 Å². The number of unbranched alkanes of at least 4 members (excludes halogenated alkanes) is 21. The number of carboxylic acid groups (broad SMARTS) is 3. The molecular weight excluding hydrogens is 612 g/mol. The average molecular weight is 679 g/mol. The van der Waals surface area contributed by atoms with Crippen LogP contribution in [0.4, 0.5) is 0 Å². The highest BCUT2D eigenvalue weighted by Gasteiger charge is 2.06. The molecular formula is C39H66O9. The van der Waals surface area contributed by atoms with Crippen LogP contribution in [0.1, 0.15) is 173 Å². The summed E-state index contributed by atoms with van der Waals surface area (Å²) in [6.45, 7) is 1.94. The normalized spacial score (nSPS) is 11.0. The minimum atomic E-state index is -0.706. The van der Waals surface area contributed by atoms with Gasteiger partial charge in [0.2, 0.25) is 0 Å². The van der Waals surface area contributed by atoms with E-state index < -0.39 is 17.9 Å². The molecule has 0 fully saturated rings. The van der Waals surface area contributed by atoms with Crippen LogP contribution in [-0.2, 0) is 14.4 Å². The Morgan fingerprint density at radius 1 is 0.333 bits per heavy atom. The molecule has 0 aliphatic rings. The summed E-state index contributed by atoms with van der Waals surface area (Å²) >= 11 is 0. The number of benzene rings is 1. The highest BCUT2D eigenvalue weighted by Crippen LogP contribution is 2.29. The second kappa shape index (κ2) is 31.3. The third-order valence-corrected chi connectivity index (χ3v) is 8.51. The minimum absolute atomic E-state index is 0.274. The zero-order valence-electron chi connectivity index (χ0n) is 29.7. The zero-order valence-corrected chi connectivity index (χ0v) is 29.7. The van der Waals surface area contributed by atoms with Crippen molar-refractivity contribution in [2.45, 2.75) is 173 Å². The molecule has 48 heavy (non-hydrogen) atoms. The topological polar surface area (TPSA) is 140 Å². The lowest BCUT2D eigenvalue weighted by molar-refractivity contribution is -0.138. The molecule has 9 heteroatoms. The van der Waals surface area contributed by atoms with E-state index in [1.807, 2.05) is 18.2 Å². The Balaban J connectivity index is 2.35. The summed E-state index contributed by atoms with van der Waals surface area (Å²) in [4.78, 5) is 31.8. The maximum absolute atomic E-state index is 10.6. The van der Waals surface area contributed by atoms with E-state index in [4.69, 9.17) is 29.5 Å². The zero-order chi connectivity index (χ0) is 34.9. The lowest BCUT2D eigenvalue weighted by atomic mass is 10.1. The molecule has 0 spiro atoms. The fourth-order valence-corrected chi connectivity index (χ4v) is 5.68. The van der Waals surface area contributed by atoms with Crippen molar-refractivity contribution in [3.05, 3.63) is 18.2 Å². The summed E-state index contributed by atoms with van der Waals surface area (Å²) in [5, 5.41) is 26.2. The number of rotatable bonds is 36. The first-order valence-electron chi connectivity index (χ1n) is 19.1. The van der Waals surface area contributed by atoms with Gasteiger partial charge in [0, 0.05) is 37.5 Å². The molecule has 0 saturated carbocycles. The standard InChI is InChI=1S/C39H66O9/c40-37(41)25-19-13-7-1-4-10-16-22-28-46-34-31-35(47-29-23-17-11-5-2-8-14-20-26-38(42)43)33-36(32-34)48-30-24-18-12-6-3-9-15-21-27-39(44)45/h31-33H,1-30H2,(H,40,41)(H,42,43)(H,44,45). The molecule has 276 valence electrons. The van der Waals surface area contributed by atoms with Gasteiger partial charge in [-0.25, -0.2) is 0 Å². The molecule has 9 nitrogen and oxygen atoms in total. The molecule has 3 N–H and O–H groups in total. The molecule has 0 bridgehead atoms. The summed E-state index contributed by atoms with van der Waals surface area (Å²) in [6.07, 6.45) is 26.2. The molecule has 0 heterocycles. The fraction of sp³-hybridized carbons (Fsp3) is 0.769. The van der Waals surface area contributed by atoms with E-state index in [-0.39, 0.29) is 19.3 Å². The Morgan fingerprint density at radius 3 is 0.729 bits per heavy atom. The van der Waals surface area contributed by atoms with Crippen molar-refractivity contribution in [1.29, 1.82) is 0 Å². The van der Waals surface area contributed by atoms with Crippen LogP contribution in [0, 0.1) is 0 Å². The Hall–Kier alpha value is -2.97. The van der Waals surface area contributed by atoms with Crippen molar-refractivity contribution in [2.75, 3.05) is 19.8 Å². The van der Waals surface area contributed by atoms with Crippen molar-refractivity contribution in [1.82, 2.24) is 0 Å². The molecule has 0 saturated heterocycles. The first kappa shape index (κ1) is 43.1. The highest BCUT2D eigenvalue weighted by molar-refractivity contribution is 5.67. The van der Waals surface area contributed by atoms with E-state index in [9.17, 15) is 14.4 Å². The number of carbonyl (C=O) groups is 3. The predicted molar refractivity (Wildman–Crippen MR) is 190 cm³/mol. The van der Waals surface area contributed by atoms with Crippen LogP contribution in [0.25, 0.3) is 0 Å². The Morgan fingerprint density at radius 2 is 0.521 bits per heavy atom. The van der Waals surface area contributed by atoms with Gasteiger partial charge in [0.05, 0.1) is 19.8 Å². The van der Waals surface area contributed by atoms with Crippen molar-refractivity contribution in [3.8, 4) is 17.2 Å². The first-order valence-corrected chi connectivity index (χ1v) is 19.1. The summed E-state index contributed by atoms with van der Waals surface area (Å²) in [6, 6.07) is 5.87. The van der Waals surface area contributed by atoms with Gasteiger partial charge < -0.3 is 29.5 Å². The van der Waals surface area contributed by atoms with Crippen molar-refractivity contribution >= 4 is 17.9 Å². The van der Waals surface area contributed by atoms with Gasteiger partial charge in [0.25, 0.3) is 0 Å². The smallest absolute Gasteiger partial charge is 0.303 e. The van der Waals surface area contributed by atoms with Gasteiger partial charge in [0.1, 0.15) is 17.2 Å². The highest BCUT2D eigenvalue weighted by atomic mass is 16.5. The summed E-state index contributed by atoms with van der Waals surface area (Å²) < 4.78 is 18.3. The maximum Gasteiger partial charge on any atom is 0.303 e. The van der Waals surface area contributed by atoms with E-state index in [2.05, 4.69) is 0 Å². The van der Waals surface area contributed by atoms with E-state index in [0.29, 0.717) is 19.8 Å². The SMILES string of the molecule is O=C(O)CCCCCCCCCCOc1cc(OCCCCCCCCCCC(=O)O)cc(OCCCCCCCCCCC(=O)O)c1. The van der Waals surface area contributed by atoms with Gasteiger partial charge in [-0.15, -0.1) is 0 Å². The summed E-state index contributed by atoms with van der Waals surface area (Å²) in [5.41, 5.74) is 0. The van der Waals surface area contributed by atoms with Crippen molar-refractivity contribution in [3.63, 3.8) is 0 Å². The molecule has 0 radical (unpaired) electrons. The van der Waals surface area contributed by atoms with Gasteiger partial charge >= 0.3 is 17.9 Å². The van der Waals surface area contributed by atoms with Crippen molar-refractivity contribution in [2.24, 2.45) is 0 Å². The maximum atomic E-state index is 10.6. The van der Waals surface area contributed by atoms with Crippen LogP contribution in [-0.4, -0.2) is 53.0 Å². The monoisotopic (exact) mass is 678 g/mol. The largest absolute Gasteiger partial charge is 0.493 e. The van der Waals surface area contributed by atoms with Gasteiger partial charge in [-0.2, -0.15) is 0 Å². The molecule has 0 aliphatic heterocycles. The molecule has 1 aromatic carbocycles. The second-order valence-electron chi connectivity index (χ2n) is 13.1. The molecule has 0 amide bonds. The van der Waals surface area contributed by atoms with Crippen LogP contribution in [0.15, 0.2) is 18.2 Å². The number of hydrogen-bond acceptors (Lipinski definition) is 6. The third-order valence-electron chi connectivity index (χ3n) is 8.51. The molecule has 0 aliphatic carbocycles. The van der Waals surface area contributed by atoms with Crippen LogP contribution >= 0.6 is 0 Å². The molecule has 0 aromatic heterocycles. The van der Waals surface area contributed by atoms with Gasteiger partial charge in [-0.1, -0.05) is 116 Å². The summed E-state index contributed by atoms with van der Waals surface area (Å²) in [5.74, 6) is 0.193. The molecule has 0 unspecified atom stereocenters. The number of aliphatic carboxylic acids is 3. The number of ether oxygens (including phenoxy) is 3. The van der Waals surface area contributed by atoms with Gasteiger partial charge in [-0.05, 0) is 38.5 Å².